The Hall–Kier alpha value is -0.560. The highest BCUT2D eigenvalue weighted by atomic mass is 16.3. The first kappa shape index (κ1) is 11.9. The molecule has 0 spiro atoms. The van der Waals surface area contributed by atoms with E-state index in [1.54, 1.807) is 0 Å². The molecule has 0 amide bonds. The molecule has 16 heavy (non-hydrogen) atoms. The minimum atomic E-state index is -0.182. The Morgan fingerprint density at radius 2 is 2.06 bits per heavy atom. The van der Waals surface area contributed by atoms with Gasteiger partial charge in [0, 0.05) is 5.41 Å². The molecule has 0 aromatic heterocycles. The summed E-state index contributed by atoms with van der Waals surface area (Å²) >= 11 is 0. The van der Waals surface area contributed by atoms with Crippen molar-refractivity contribution in [1.29, 1.82) is 0 Å². The van der Waals surface area contributed by atoms with Gasteiger partial charge in [-0.1, -0.05) is 44.6 Å². The Labute approximate surface area is 99.3 Å². The fraction of sp³-hybridized carbons (Fsp3) is 0.733. The van der Waals surface area contributed by atoms with Gasteiger partial charge in [-0.15, -0.1) is 0 Å². The molecule has 1 nitrogen and oxygen atoms in total. The van der Waals surface area contributed by atoms with E-state index in [1.165, 1.54) is 12.0 Å². The lowest BCUT2D eigenvalue weighted by Crippen LogP contribution is -2.46. The van der Waals surface area contributed by atoms with Gasteiger partial charge in [0.15, 0.2) is 0 Å². The Morgan fingerprint density at radius 1 is 1.38 bits per heavy atom. The molecule has 0 heterocycles. The molecule has 0 aromatic carbocycles. The van der Waals surface area contributed by atoms with E-state index >= 15 is 0 Å². The molecule has 1 N–H and O–H groups in total. The Bertz CT molecular complexity index is 326. The second kappa shape index (κ2) is 4.03. The van der Waals surface area contributed by atoms with Crippen LogP contribution in [0.5, 0.6) is 0 Å². The molecule has 0 radical (unpaired) electrons. The smallest absolute Gasteiger partial charge is 0.0636 e. The van der Waals surface area contributed by atoms with E-state index in [2.05, 4.69) is 45.9 Å². The van der Waals surface area contributed by atoms with Gasteiger partial charge in [0.2, 0.25) is 0 Å². The lowest BCUT2D eigenvalue weighted by atomic mass is 9.57. The van der Waals surface area contributed by atoms with E-state index in [0.29, 0.717) is 17.8 Å². The van der Waals surface area contributed by atoms with Crippen LogP contribution in [0.25, 0.3) is 0 Å². The summed E-state index contributed by atoms with van der Waals surface area (Å²) in [4.78, 5) is 0. The fourth-order valence-corrected chi connectivity index (χ4v) is 3.40. The van der Waals surface area contributed by atoms with Crippen molar-refractivity contribution >= 4 is 0 Å². The normalized spacial score (nSPS) is 43.1. The number of fused-ring (bicyclic) bond motifs is 1. The van der Waals surface area contributed by atoms with Crippen LogP contribution in [0.15, 0.2) is 23.8 Å². The van der Waals surface area contributed by atoms with E-state index in [1.807, 2.05) is 0 Å². The van der Waals surface area contributed by atoms with Crippen LogP contribution in [-0.2, 0) is 0 Å². The molecule has 0 aliphatic heterocycles. The molecule has 2 rings (SSSR count). The summed E-state index contributed by atoms with van der Waals surface area (Å²) in [6, 6.07) is 0. The SMILES string of the molecule is CC1=CC=C[C@]2(C)C(O)C[C@@H](C(C)C)C[C@@H]12. The molecule has 1 fully saturated rings. The molecular weight excluding hydrogens is 196 g/mol. The van der Waals surface area contributed by atoms with Crippen molar-refractivity contribution in [3.05, 3.63) is 23.8 Å². The van der Waals surface area contributed by atoms with Crippen LogP contribution in [0.3, 0.4) is 0 Å². The number of hydrogen-bond acceptors (Lipinski definition) is 1. The van der Waals surface area contributed by atoms with Crippen LogP contribution in [0, 0.1) is 23.2 Å². The number of hydrogen-bond donors (Lipinski definition) is 1. The van der Waals surface area contributed by atoms with Gasteiger partial charge in [-0.3, -0.25) is 0 Å². The minimum Gasteiger partial charge on any atom is -0.392 e. The fourth-order valence-electron chi connectivity index (χ4n) is 3.40. The van der Waals surface area contributed by atoms with Crippen LogP contribution in [0.2, 0.25) is 0 Å². The highest BCUT2D eigenvalue weighted by Crippen LogP contribution is 2.50. The van der Waals surface area contributed by atoms with Gasteiger partial charge in [0.1, 0.15) is 0 Å². The zero-order valence-electron chi connectivity index (χ0n) is 10.9. The molecule has 90 valence electrons. The topological polar surface area (TPSA) is 20.2 Å². The van der Waals surface area contributed by atoms with Gasteiger partial charge in [-0.2, -0.15) is 0 Å². The van der Waals surface area contributed by atoms with Crippen molar-refractivity contribution in [2.45, 2.75) is 46.6 Å². The second-order valence-electron chi connectivity index (χ2n) is 6.18. The highest BCUT2D eigenvalue weighted by molar-refractivity contribution is 5.28. The van der Waals surface area contributed by atoms with Gasteiger partial charge < -0.3 is 5.11 Å². The van der Waals surface area contributed by atoms with E-state index in [9.17, 15) is 5.11 Å². The first-order chi connectivity index (χ1) is 7.45. The summed E-state index contributed by atoms with van der Waals surface area (Å²) < 4.78 is 0. The van der Waals surface area contributed by atoms with Crippen molar-refractivity contribution < 1.29 is 5.11 Å². The minimum absolute atomic E-state index is 0.0236. The Kier molecular flexibility index (Phi) is 3.00. The number of rotatable bonds is 1. The predicted molar refractivity (Wildman–Crippen MR) is 68.1 cm³/mol. The Balaban J connectivity index is 2.27. The van der Waals surface area contributed by atoms with E-state index in [4.69, 9.17) is 0 Å². The third-order valence-electron chi connectivity index (χ3n) is 4.84. The maximum atomic E-state index is 10.4. The van der Waals surface area contributed by atoms with Crippen LogP contribution in [0.1, 0.15) is 40.5 Å². The van der Waals surface area contributed by atoms with Gasteiger partial charge in [0.25, 0.3) is 0 Å². The molecule has 0 saturated heterocycles. The zero-order chi connectivity index (χ0) is 11.9. The van der Waals surface area contributed by atoms with Crippen molar-refractivity contribution in [3.63, 3.8) is 0 Å². The van der Waals surface area contributed by atoms with Crippen LogP contribution >= 0.6 is 0 Å². The molecule has 0 aromatic rings. The van der Waals surface area contributed by atoms with Gasteiger partial charge in [-0.25, -0.2) is 0 Å². The quantitative estimate of drug-likeness (QED) is 0.716. The van der Waals surface area contributed by atoms with Crippen molar-refractivity contribution in [1.82, 2.24) is 0 Å². The lowest BCUT2D eigenvalue weighted by Gasteiger charge is -2.49. The summed E-state index contributed by atoms with van der Waals surface area (Å²) in [5, 5.41) is 10.4. The number of aliphatic hydroxyl groups excluding tert-OH is 1. The monoisotopic (exact) mass is 220 g/mol. The first-order valence-corrected chi connectivity index (χ1v) is 6.49. The van der Waals surface area contributed by atoms with Crippen molar-refractivity contribution in [2.24, 2.45) is 23.2 Å². The molecule has 4 atom stereocenters. The van der Waals surface area contributed by atoms with Gasteiger partial charge in [0.05, 0.1) is 6.10 Å². The standard InChI is InChI=1S/C15H24O/c1-10(2)12-8-13-11(3)6-5-7-15(13,4)14(16)9-12/h5-7,10,12-14,16H,8-9H2,1-4H3/t12-,13-,14?,15-/m0/s1. The number of aliphatic hydroxyl groups is 1. The summed E-state index contributed by atoms with van der Waals surface area (Å²) in [6.07, 6.45) is 8.55. The highest BCUT2D eigenvalue weighted by Gasteiger charge is 2.46. The van der Waals surface area contributed by atoms with Crippen molar-refractivity contribution in [3.8, 4) is 0 Å². The largest absolute Gasteiger partial charge is 0.392 e. The maximum absolute atomic E-state index is 10.4. The zero-order valence-corrected chi connectivity index (χ0v) is 10.9. The third-order valence-corrected chi connectivity index (χ3v) is 4.84. The second-order valence-corrected chi connectivity index (χ2v) is 6.18. The molecule has 1 saturated carbocycles. The first-order valence-electron chi connectivity index (χ1n) is 6.49. The summed E-state index contributed by atoms with van der Waals surface area (Å²) in [5.41, 5.74) is 1.42. The molecule has 1 heteroatoms. The maximum Gasteiger partial charge on any atom is 0.0636 e. The molecule has 1 unspecified atom stereocenters. The summed E-state index contributed by atoms with van der Waals surface area (Å²) in [6.45, 7) is 8.98. The molecule has 2 aliphatic rings. The summed E-state index contributed by atoms with van der Waals surface area (Å²) in [5.74, 6) is 1.88. The molecule has 0 bridgehead atoms. The average molecular weight is 220 g/mol. The Morgan fingerprint density at radius 3 is 2.69 bits per heavy atom. The summed E-state index contributed by atoms with van der Waals surface area (Å²) in [7, 11) is 0. The predicted octanol–water partition coefficient (Wildman–Crippen LogP) is 3.55. The van der Waals surface area contributed by atoms with Gasteiger partial charge >= 0.3 is 0 Å². The average Bonchev–Trinajstić information content (AvgIpc) is 2.20. The van der Waals surface area contributed by atoms with Crippen LogP contribution < -0.4 is 0 Å². The lowest BCUT2D eigenvalue weighted by molar-refractivity contribution is -0.0306. The van der Waals surface area contributed by atoms with Crippen LogP contribution in [-0.4, -0.2) is 11.2 Å². The van der Waals surface area contributed by atoms with E-state index in [0.717, 1.165) is 6.42 Å². The van der Waals surface area contributed by atoms with Crippen LogP contribution in [0.4, 0.5) is 0 Å². The van der Waals surface area contributed by atoms with E-state index < -0.39 is 0 Å². The molecule has 2 aliphatic carbocycles. The van der Waals surface area contributed by atoms with Crippen molar-refractivity contribution in [2.75, 3.05) is 0 Å². The third kappa shape index (κ3) is 1.75. The van der Waals surface area contributed by atoms with Gasteiger partial charge in [-0.05, 0) is 37.5 Å². The van der Waals surface area contributed by atoms with E-state index in [-0.39, 0.29) is 11.5 Å². The molecular formula is C15H24O. The number of allylic oxidation sites excluding steroid dienone is 3.